The van der Waals surface area contributed by atoms with Gasteiger partial charge in [0.25, 0.3) is 10.0 Å². The summed E-state index contributed by atoms with van der Waals surface area (Å²) < 4.78 is 27.8. The van der Waals surface area contributed by atoms with Crippen LogP contribution >= 0.6 is 34.2 Å². The molecule has 0 bridgehead atoms. The van der Waals surface area contributed by atoms with Crippen LogP contribution < -0.4 is 16.0 Å². The lowest BCUT2D eigenvalue weighted by atomic mass is 10.3. The Morgan fingerprint density at radius 2 is 2.00 bits per heavy atom. The predicted molar refractivity (Wildman–Crippen MR) is 87.0 cm³/mol. The van der Waals surface area contributed by atoms with Crippen LogP contribution in [0.25, 0.3) is 0 Å². The van der Waals surface area contributed by atoms with Crippen LogP contribution in [0, 0.1) is 3.57 Å². The van der Waals surface area contributed by atoms with Gasteiger partial charge in [0.2, 0.25) is 0 Å². The van der Waals surface area contributed by atoms with Crippen LogP contribution in [0.3, 0.4) is 0 Å². The fourth-order valence-electron chi connectivity index (χ4n) is 1.49. The monoisotopic (exact) mass is 424 g/mol. The number of anilines is 2. The Bertz CT molecular complexity index is 739. The number of aromatic nitrogens is 1. The number of pyridine rings is 1. The van der Waals surface area contributed by atoms with Gasteiger partial charge in [0, 0.05) is 21.0 Å². The normalized spacial score (nSPS) is 11.2. The molecule has 0 atom stereocenters. The van der Waals surface area contributed by atoms with Crippen LogP contribution in [-0.4, -0.2) is 13.4 Å². The molecule has 2 rings (SSSR count). The van der Waals surface area contributed by atoms with E-state index in [2.05, 4.69) is 15.1 Å². The summed E-state index contributed by atoms with van der Waals surface area (Å²) in [7, 11) is -3.79. The predicted octanol–water partition coefficient (Wildman–Crippen LogP) is 2.43. The molecule has 0 fully saturated rings. The van der Waals surface area contributed by atoms with Crippen molar-refractivity contribution in [2.24, 2.45) is 5.84 Å². The highest BCUT2D eigenvalue weighted by Gasteiger charge is 2.19. The maximum Gasteiger partial charge on any atom is 0.265 e. The van der Waals surface area contributed by atoms with Crippen molar-refractivity contribution in [3.63, 3.8) is 0 Å². The number of hydrazine groups is 1. The van der Waals surface area contributed by atoms with Gasteiger partial charge in [-0.1, -0.05) is 11.6 Å². The minimum absolute atomic E-state index is 0.0340. The maximum absolute atomic E-state index is 12.3. The molecule has 0 amide bonds. The molecular formula is C11H10ClIN4O2S. The molecule has 0 spiro atoms. The van der Waals surface area contributed by atoms with E-state index in [9.17, 15) is 8.42 Å². The highest BCUT2D eigenvalue weighted by molar-refractivity contribution is 14.1. The van der Waals surface area contributed by atoms with Crippen molar-refractivity contribution in [2.45, 2.75) is 4.90 Å². The largest absolute Gasteiger partial charge is 0.323 e. The van der Waals surface area contributed by atoms with Crippen LogP contribution in [0.5, 0.6) is 0 Å². The molecule has 0 aliphatic carbocycles. The van der Waals surface area contributed by atoms with E-state index in [-0.39, 0.29) is 10.6 Å². The Kier molecular flexibility index (Phi) is 4.68. The summed E-state index contributed by atoms with van der Waals surface area (Å²) in [6.07, 6.45) is 2.67. The molecular weight excluding hydrogens is 415 g/mol. The van der Waals surface area contributed by atoms with E-state index in [1.807, 2.05) is 22.6 Å². The van der Waals surface area contributed by atoms with Crippen molar-refractivity contribution < 1.29 is 8.42 Å². The minimum Gasteiger partial charge on any atom is -0.323 e. The number of nitrogen functional groups attached to an aromatic ring is 1. The molecule has 0 unspecified atom stereocenters. The van der Waals surface area contributed by atoms with E-state index in [0.717, 1.165) is 0 Å². The van der Waals surface area contributed by atoms with Gasteiger partial charge < -0.3 is 5.43 Å². The Morgan fingerprint density at radius 1 is 1.25 bits per heavy atom. The molecule has 1 aromatic carbocycles. The zero-order valence-corrected chi connectivity index (χ0v) is 13.7. The third-order valence-electron chi connectivity index (χ3n) is 2.40. The van der Waals surface area contributed by atoms with Crippen molar-refractivity contribution in [2.75, 3.05) is 10.1 Å². The number of hydrogen-bond donors (Lipinski definition) is 3. The van der Waals surface area contributed by atoms with E-state index < -0.39 is 10.0 Å². The second-order valence-corrected chi connectivity index (χ2v) is 7.00. The van der Waals surface area contributed by atoms with E-state index in [1.165, 1.54) is 18.5 Å². The number of nitrogens with zero attached hydrogens (tertiary/aromatic N) is 1. The third kappa shape index (κ3) is 3.32. The SMILES string of the molecule is NNc1ccncc1S(=O)(=O)Nc1ccc(Cl)cc1I. The quantitative estimate of drug-likeness (QED) is 0.398. The van der Waals surface area contributed by atoms with Crippen LogP contribution in [0.15, 0.2) is 41.6 Å². The van der Waals surface area contributed by atoms with Crippen molar-refractivity contribution in [1.82, 2.24) is 4.98 Å². The van der Waals surface area contributed by atoms with E-state index in [1.54, 1.807) is 18.2 Å². The minimum atomic E-state index is -3.79. The summed E-state index contributed by atoms with van der Waals surface area (Å²) >= 11 is 7.83. The molecule has 9 heteroatoms. The van der Waals surface area contributed by atoms with Crippen molar-refractivity contribution in [3.8, 4) is 0 Å². The molecule has 1 aromatic heterocycles. The highest BCUT2D eigenvalue weighted by atomic mass is 127. The van der Waals surface area contributed by atoms with Gasteiger partial charge in [0.05, 0.1) is 11.4 Å². The Labute approximate surface area is 134 Å². The molecule has 1 heterocycles. The van der Waals surface area contributed by atoms with Gasteiger partial charge in [0.15, 0.2) is 0 Å². The fourth-order valence-corrected chi connectivity index (χ4v) is 3.87. The fraction of sp³-hybridized carbons (Fsp3) is 0. The average Bonchev–Trinajstić information content (AvgIpc) is 2.42. The first kappa shape index (κ1) is 15.3. The number of rotatable bonds is 4. The maximum atomic E-state index is 12.3. The Balaban J connectivity index is 2.41. The second-order valence-electron chi connectivity index (χ2n) is 3.75. The number of halogens is 2. The molecule has 0 saturated carbocycles. The molecule has 2 aromatic rings. The summed E-state index contributed by atoms with van der Waals surface area (Å²) in [5.74, 6) is 5.30. The van der Waals surface area contributed by atoms with Gasteiger partial charge in [-0.15, -0.1) is 0 Å². The first-order valence-electron chi connectivity index (χ1n) is 5.32. The lowest BCUT2D eigenvalue weighted by Gasteiger charge is -2.12. The van der Waals surface area contributed by atoms with Gasteiger partial charge in [0.1, 0.15) is 4.90 Å². The number of nitrogens with one attached hydrogen (secondary N) is 2. The molecule has 0 saturated heterocycles. The van der Waals surface area contributed by atoms with Crippen molar-refractivity contribution in [3.05, 3.63) is 45.3 Å². The number of sulfonamides is 1. The zero-order valence-electron chi connectivity index (χ0n) is 9.97. The summed E-state index contributed by atoms with van der Waals surface area (Å²) in [4.78, 5) is 3.77. The van der Waals surface area contributed by atoms with Crippen molar-refractivity contribution in [1.29, 1.82) is 0 Å². The van der Waals surface area contributed by atoms with Crippen LogP contribution in [0.2, 0.25) is 5.02 Å². The summed E-state index contributed by atoms with van der Waals surface area (Å²) in [5, 5.41) is 0.531. The summed E-state index contributed by atoms with van der Waals surface area (Å²) in [6, 6.07) is 6.33. The topological polar surface area (TPSA) is 97.1 Å². The molecule has 0 aliphatic rings. The molecule has 0 radical (unpaired) electrons. The molecule has 0 aliphatic heterocycles. The summed E-state index contributed by atoms with van der Waals surface area (Å²) in [6.45, 7) is 0. The number of benzene rings is 1. The van der Waals surface area contributed by atoms with Gasteiger partial charge in [-0.2, -0.15) is 0 Å². The van der Waals surface area contributed by atoms with Crippen LogP contribution in [-0.2, 0) is 10.0 Å². The molecule has 106 valence electrons. The van der Waals surface area contributed by atoms with Gasteiger partial charge in [-0.3, -0.25) is 15.5 Å². The highest BCUT2D eigenvalue weighted by Crippen LogP contribution is 2.26. The van der Waals surface area contributed by atoms with E-state index in [0.29, 0.717) is 14.3 Å². The van der Waals surface area contributed by atoms with E-state index >= 15 is 0 Å². The lowest BCUT2D eigenvalue weighted by Crippen LogP contribution is -2.18. The van der Waals surface area contributed by atoms with Crippen LogP contribution in [0.4, 0.5) is 11.4 Å². The molecule has 4 N–H and O–H groups in total. The molecule has 6 nitrogen and oxygen atoms in total. The Hall–Kier alpha value is -1.10. The van der Waals surface area contributed by atoms with Gasteiger partial charge in [-0.05, 0) is 46.9 Å². The lowest BCUT2D eigenvalue weighted by molar-refractivity contribution is 0.601. The van der Waals surface area contributed by atoms with Crippen molar-refractivity contribution >= 4 is 55.6 Å². The first-order valence-corrected chi connectivity index (χ1v) is 8.26. The van der Waals surface area contributed by atoms with Gasteiger partial charge in [-0.25, -0.2) is 8.42 Å². The Morgan fingerprint density at radius 3 is 2.65 bits per heavy atom. The standard InChI is InChI=1S/C11H10ClIN4O2S/c12-7-1-2-9(8(13)5-7)17-20(18,19)11-6-15-4-3-10(11)16-14/h1-6,17H,14H2,(H,15,16). The van der Waals surface area contributed by atoms with Crippen LogP contribution in [0.1, 0.15) is 0 Å². The first-order chi connectivity index (χ1) is 9.44. The summed E-state index contributed by atoms with van der Waals surface area (Å²) in [5.41, 5.74) is 3.02. The second kappa shape index (κ2) is 6.12. The molecule has 20 heavy (non-hydrogen) atoms. The smallest absolute Gasteiger partial charge is 0.265 e. The number of nitrogens with two attached hydrogens (primary N) is 1. The van der Waals surface area contributed by atoms with E-state index in [4.69, 9.17) is 17.4 Å². The van der Waals surface area contributed by atoms with Gasteiger partial charge >= 0.3 is 0 Å². The number of hydrogen-bond acceptors (Lipinski definition) is 5. The average molecular weight is 425 g/mol. The third-order valence-corrected chi connectivity index (χ3v) is 4.93. The zero-order chi connectivity index (χ0) is 14.8.